The van der Waals surface area contributed by atoms with Crippen LogP contribution in [0.25, 0.3) is 0 Å². The van der Waals surface area contributed by atoms with Gasteiger partial charge in [-0.05, 0) is 0 Å². The van der Waals surface area contributed by atoms with E-state index in [9.17, 15) is 0 Å². The quantitative estimate of drug-likeness (QED) is 0.401. The number of hydrogen-bond donors (Lipinski definition) is 0. The molecule has 2 radical (unpaired) electrons. The molecule has 4 heavy (non-hydrogen) atoms. The molecule has 4 N–H and O–H groups in total. The summed E-state index contributed by atoms with van der Waals surface area (Å²) in [5.74, 6) is 0. The van der Waals surface area contributed by atoms with Crippen LogP contribution in [-0.2, 0) is 33.6 Å². The fraction of sp³-hybridized carbons (Fsp3) is 0. The molecule has 0 rings (SSSR count). The Hall–Kier alpha value is 0.933. The molecular formula is H4Co2O2. The van der Waals surface area contributed by atoms with Gasteiger partial charge in [0.25, 0.3) is 0 Å². The normalized spacial score (nSPS) is 0. The van der Waals surface area contributed by atoms with Crippen molar-refractivity contribution >= 4 is 0 Å². The van der Waals surface area contributed by atoms with Crippen molar-refractivity contribution in [2.75, 3.05) is 0 Å². The standard InChI is InChI=1S/2Co.2H2O/h;;2*1H2. The first-order valence-electron chi connectivity index (χ1n) is 0. The molecule has 34 valence electrons. The van der Waals surface area contributed by atoms with Gasteiger partial charge in [0, 0.05) is 33.6 Å². The first kappa shape index (κ1) is 87.7. The molecule has 0 bridgehead atoms. The van der Waals surface area contributed by atoms with Gasteiger partial charge in [-0.3, -0.25) is 0 Å². The van der Waals surface area contributed by atoms with Crippen molar-refractivity contribution in [3.8, 4) is 0 Å². The van der Waals surface area contributed by atoms with Crippen molar-refractivity contribution in [2.45, 2.75) is 0 Å². The average Bonchev–Trinajstić information content (AvgIpc) is 0. The van der Waals surface area contributed by atoms with Crippen molar-refractivity contribution in [1.29, 1.82) is 0 Å². The van der Waals surface area contributed by atoms with Gasteiger partial charge in [-0.15, -0.1) is 0 Å². The molecule has 0 aliphatic heterocycles. The van der Waals surface area contributed by atoms with Crippen LogP contribution in [0.4, 0.5) is 0 Å². The zero-order chi connectivity index (χ0) is 0. The molecule has 0 spiro atoms. The Bertz CT molecular complexity index is 4.00. The van der Waals surface area contributed by atoms with Gasteiger partial charge in [-0.2, -0.15) is 0 Å². The molecular weight excluding hydrogens is 150 g/mol. The van der Waals surface area contributed by atoms with E-state index >= 15 is 0 Å². The van der Waals surface area contributed by atoms with Gasteiger partial charge in [-0.1, -0.05) is 0 Å². The van der Waals surface area contributed by atoms with Gasteiger partial charge in [0.1, 0.15) is 0 Å². The summed E-state index contributed by atoms with van der Waals surface area (Å²) in [4.78, 5) is 0. The fourth-order valence-corrected chi connectivity index (χ4v) is 0. The van der Waals surface area contributed by atoms with Crippen LogP contribution in [0, 0.1) is 0 Å². The summed E-state index contributed by atoms with van der Waals surface area (Å²) in [6.45, 7) is 0. The molecule has 0 aliphatic carbocycles. The molecule has 0 aromatic heterocycles. The second kappa shape index (κ2) is 38.9. The van der Waals surface area contributed by atoms with Crippen LogP contribution in [0.1, 0.15) is 0 Å². The minimum absolute atomic E-state index is 0. The van der Waals surface area contributed by atoms with Gasteiger partial charge in [-0.25, -0.2) is 0 Å². The monoisotopic (exact) mass is 154 g/mol. The van der Waals surface area contributed by atoms with Gasteiger partial charge >= 0.3 is 0 Å². The van der Waals surface area contributed by atoms with Gasteiger partial charge in [0.2, 0.25) is 0 Å². The SMILES string of the molecule is O.O.[Co].[Co]. The van der Waals surface area contributed by atoms with E-state index in [1.807, 2.05) is 0 Å². The minimum atomic E-state index is 0. The minimum Gasteiger partial charge on any atom is -0.412 e. The summed E-state index contributed by atoms with van der Waals surface area (Å²) >= 11 is 0. The maximum atomic E-state index is 0. The largest absolute Gasteiger partial charge is 0.412 e. The topological polar surface area (TPSA) is 63.0 Å². The summed E-state index contributed by atoms with van der Waals surface area (Å²) in [6.07, 6.45) is 0. The van der Waals surface area contributed by atoms with E-state index in [1.54, 1.807) is 0 Å². The predicted molar refractivity (Wildman–Crippen MR) is 7.23 cm³/mol. The third-order valence-corrected chi connectivity index (χ3v) is 0. The van der Waals surface area contributed by atoms with Crippen LogP contribution >= 0.6 is 0 Å². The molecule has 0 atom stereocenters. The van der Waals surface area contributed by atoms with Crippen LogP contribution < -0.4 is 0 Å². The Labute approximate surface area is 45.0 Å². The molecule has 0 saturated heterocycles. The predicted octanol–water partition coefficient (Wildman–Crippen LogP) is -1.65. The van der Waals surface area contributed by atoms with Crippen LogP contribution in [0.2, 0.25) is 0 Å². The summed E-state index contributed by atoms with van der Waals surface area (Å²) in [5, 5.41) is 0. The van der Waals surface area contributed by atoms with Crippen LogP contribution in [0.3, 0.4) is 0 Å². The third kappa shape index (κ3) is 12.6. The van der Waals surface area contributed by atoms with E-state index in [0.717, 1.165) is 0 Å². The zero-order valence-corrected chi connectivity index (χ0v) is 3.75. The van der Waals surface area contributed by atoms with Gasteiger partial charge in [0.05, 0.1) is 0 Å². The Morgan fingerprint density at radius 3 is 0.500 bits per heavy atom. The van der Waals surface area contributed by atoms with Crippen molar-refractivity contribution in [1.82, 2.24) is 0 Å². The van der Waals surface area contributed by atoms with Crippen LogP contribution in [0.15, 0.2) is 0 Å². The van der Waals surface area contributed by atoms with E-state index in [2.05, 4.69) is 0 Å². The third-order valence-electron chi connectivity index (χ3n) is 0. The molecule has 0 heterocycles. The summed E-state index contributed by atoms with van der Waals surface area (Å²) in [6, 6.07) is 0. The van der Waals surface area contributed by atoms with E-state index in [4.69, 9.17) is 0 Å². The van der Waals surface area contributed by atoms with Crippen molar-refractivity contribution in [3.05, 3.63) is 0 Å². The Kier molecular flexibility index (Phi) is 852. The second-order valence-corrected chi connectivity index (χ2v) is 0. The first-order valence-corrected chi connectivity index (χ1v) is 0. The molecule has 0 amide bonds. The number of hydrogen-bond acceptors (Lipinski definition) is 0. The average molecular weight is 154 g/mol. The number of rotatable bonds is 0. The van der Waals surface area contributed by atoms with Crippen LogP contribution in [-0.4, -0.2) is 11.0 Å². The maximum absolute atomic E-state index is 0. The summed E-state index contributed by atoms with van der Waals surface area (Å²) < 4.78 is 0. The van der Waals surface area contributed by atoms with E-state index < -0.39 is 0 Å². The van der Waals surface area contributed by atoms with E-state index in [1.165, 1.54) is 0 Å². The molecule has 0 aromatic rings. The fourth-order valence-electron chi connectivity index (χ4n) is 0. The maximum Gasteiger partial charge on any atom is 0 e. The Morgan fingerprint density at radius 2 is 0.500 bits per heavy atom. The van der Waals surface area contributed by atoms with Crippen molar-refractivity contribution in [2.24, 2.45) is 0 Å². The van der Waals surface area contributed by atoms with Gasteiger partial charge in [0.15, 0.2) is 0 Å². The molecule has 0 unspecified atom stereocenters. The van der Waals surface area contributed by atoms with E-state index in [-0.39, 0.29) is 44.5 Å². The summed E-state index contributed by atoms with van der Waals surface area (Å²) in [5.41, 5.74) is 0. The molecule has 0 saturated carbocycles. The molecule has 0 aliphatic rings. The Balaban J connectivity index is 0. The van der Waals surface area contributed by atoms with Gasteiger partial charge < -0.3 is 11.0 Å². The second-order valence-electron chi connectivity index (χ2n) is 0. The van der Waals surface area contributed by atoms with E-state index in [0.29, 0.717) is 0 Å². The smallest absolute Gasteiger partial charge is 0 e. The summed E-state index contributed by atoms with van der Waals surface area (Å²) in [7, 11) is 0. The zero-order valence-electron chi connectivity index (χ0n) is 1.67. The Morgan fingerprint density at radius 1 is 0.500 bits per heavy atom. The molecule has 0 aromatic carbocycles. The van der Waals surface area contributed by atoms with Crippen molar-refractivity contribution in [3.63, 3.8) is 0 Å². The molecule has 2 nitrogen and oxygen atoms in total. The molecule has 4 heteroatoms. The van der Waals surface area contributed by atoms with Crippen LogP contribution in [0.5, 0.6) is 0 Å². The first-order chi connectivity index (χ1) is 0. The molecule has 0 fully saturated rings. The van der Waals surface area contributed by atoms with Crippen molar-refractivity contribution < 1.29 is 44.5 Å².